The number of aromatic nitrogens is 3. The van der Waals surface area contributed by atoms with Gasteiger partial charge in [-0.1, -0.05) is 0 Å². The third kappa shape index (κ3) is 2.95. The third-order valence-corrected chi connectivity index (χ3v) is 2.95. The van der Waals surface area contributed by atoms with Crippen LogP contribution >= 0.6 is 15.9 Å². The molecule has 0 saturated heterocycles. The van der Waals surface area contributed by atoms with Gasteiger partial charge in [0, 0.05) is 16.9 Å². The fraction of sp³-hybridized carbons (Fsp3) is 0.250. The van der Waals surface area contributed by atoms with Crippen LogP contribution in [0.4, 0.5) is 5.82 Å². The molecule has 5 nitrogen and oxygen atoms in total. The topological polar surface area (TPSA) is 59.8 Å². The number of halogens is 1. The maximum atomic E-state index is 12.0. The Morgan fingerprint density at radius 1 is 1.44 bits per heavy atom. The normalized spacial score (nSPS) is 12.2. The highest BCUT2D eigenvalue weighted by atomic mass is 79.9. The van der Waals surface area contributed by atoms with Gasteiger partial charge in [0.1, 0.15) is 11.9 Å². The van der Waals surface area contributed by atoms with E-state index in [2.05, 4.69) is 31.3 Å². The number of nitrogens with zero attached hydrogens (tertiary/aromatic N) is 3. The van der Waals surface area contributed by atoms with Crippen molar-refractivity contribution in [1.29, 1.82) is 0 Å². The smallest absolute Gasteiger partial charge is 0.250 e. The van der Waals surface area contributed by atoms with Crippen molar-refractivity contribution in [2.75, 3.05) is 5.32 Å². The van der Waals surface area contributed by atoms with E-state index in [9.17, 15) is 4.79 Å². The first-order valence-corrected chi connectivity index (χ1v) is 6.29. The number of hydrogen-bond donors (Lipinski definition) is 1. The van der Waals surface area contributed by atoms with E-state index in [1.165, 1.54) is 0 Å². The van der Waals surface area contributed by atoms with E-state index in [0.717, 1.165) is 10.0 Å². The zero-order valence-corrected chi connectivity index (χ0v) is 11.7. The Labute approximate surface area is 113 Å². The minimum Gasteiger partial charge on any atom is -0.309 e. The molecule has 6 heteroatoms. The molecule has 1 atom stereocenters. The maximum Gasteiger partial charge on any atom is 0.250 e. The predicted octanol–water partition coefficient (Wildman–Crippen LogP) is 2.55. The van der Waals surface area contributed by atoms with Crippen molar-refractivity contribution in [3.8, 4) is 0 Å². The maximum absolute atomic E-state index is 12.0. The number of pyridine rings is 1. The summed E-state index contributed by atoms with van der Waals surface area (Å²) in [4.78, 5) is 16.1. The molecule has 2 aromatic rings. The van der Waals surface area contributed by atoms with Crippen LogP contribution in [0.3, 0.4) is 0 Å². The van der Waals surface area contributed by atoms with Crippen LogP contribution in [0.2, 0.25) is 0 Å². The van der Waals surface area contributed by atoms with Crippen LogP contribution < -0.4 is 5.32 Å². The van der Waals surface area contributed by atoms with Gasteiger partial charge in [-0.2, -0.15) is 5.10 Å². The van der Waals surface area contributed by atoms with Crippen molar-refractivity contribution >= 4 is 27.7 Å². The lowest BCUT2D eigenvalue weighted by atomic mass is 10.3. The summed E-state index contributed by atoms with van der Waals surface area (Å²) in [7, 11) is 0. The van der Waals surface area contributed by atoms with E-state index in [0.29, 0.717) is 5.82 Å². The van der Waals surface area contributed by atoms with Crippen molar-refractivity contribution in [2.24, 2.45) is 0 Å². The standard InChI is InChI=1S/C12H13BrN4O/c1-8-5-15-17(7-8)9(2)12(18)16-11-4-3-10(13)6-14-11/h3-7,9H,1-2H3,(H,14,16,18). The summed E-state index contributed by atoms with van der Waals surface area (Å²) in [5.41, 5.74) is 1.02. The Kier molecular flexibility index (Phi) is 3.76. The van der Waals surface area contributed by atoms with Gasteiger partial charge < -0.3 is 5.32 Å². The van der Waals surface area contributed by atoms with Gasteiger partial charge in [0.15, 0.2) is 0 Å². The lowest BCUT2D eigenvalue weighted by Gasteiger charge is -2.12. The minimum absolute atomic E-state index is 0.145. The van der Waals surface area contributed by atoms with Crippen LogP contribution in [0.5, 0.6) is 0 Å². The molecule has 0 radical (unpaired) electrons. The second kappa shape index (κ2) is 5.30. The van der Waals surface area contributed by atoms with E-state index in [4.69, 9.17) is 0 Å². The highest BCUT2D eigenvalue weighted by molar-refractivity contribution is 9.10. The van der Waals surface area contributed by atoms with Crippen molar-refractivity contribution in [1.82, 2.24) is 14.8 Å². The number of carbonyl (C=O) groups is 1. The summed E-state index contributed by atoms with van der Waals surface area (Å²) in [6.45, 7) is 3.73. The highest BCUT2D eigenvalue weighted by Crippen LogP contribution is 2.13. The quantitative estimate of drug-likeness (QED) is 0.948. The Hall–Kier alpha value is -1.69. The Morgan fingerprint density at radius 3 is 2.78 bits per heavy atom. The van der Waals surface area contributed by atoms with Crippen LogP contribution in [0, 0.1) is 6.92 Å². The fourth-order valence-corrected chi connectivity index (χ4v) is 1.68. The number of rotatable bonds is 3. The molecule has 18 heavy (non-hydrogen) atoms. The van der Waals surface area contributed by atoms with Gasteiger partial charge in [-0.3, -0.25) is 9.48 Å². The summed E-state index contributed by atoms with van der Waals surface area (Å²) in [6, 6.07) is 3.19. The van der Waals surface area contributed by atoms with Crippen LogP contribution in [0.25, 0.3) is 0 Å². The summed E-state index contributed by atoms with van der Waals surface area (Å²) in [6.07, 6.45) is 5.19. The summed E-state index contributed by atoms with van der Waals surface area (Å²) in [5, 5.41) is 6.87. The summed E-state index contributed by atoms with van der Waals surface area (Å²) < 4.78 is 2.50. The molecule has 2 aromatic heterocycles. The third-order valence-electron chi connectivity index (χ3n) is 2.49. The van der Waals surface area contributed by atoms with Gasteiger partial charge in [0.25, 0.3) is 0 Å². The van der Waals surface area contributed by atoms with Gasteiger partial charge in [0.2, 0.25) is 5.91 Å². The van der Waals surface area contributed by atoms with Crippen molar-refractivity contribution in [2.45, 2.75) is 19.9 Å². The van der Waals surface area contributed by atoms with Crippen LogP contribution in [-0.2, 0) is 4.79 Å². The van der Waals surface area contributed by atoms with Crippen molar-refractivity contribution in [3.05, 3.63) is 40.8 Å². The fourth-order valence-electron chi connectivity index (χ4n) is 1.45. The largest absolute Gasteiger partial charge is 0.309 e. The molecule has 0 aromatic carbocycles. The van der Waals surface area contributed by atoms with Gasteiger partial charge in [-0.05, 0) is 47.5 Å². The second-order valence-electron chi connectivity index (χ2n) is 4.02. The SMILES string of the molecule is Cc1cnn(C(C)C(=O)Nc2ccc(Br)cn2)c1. The molecule has 0 aliphatic rings. The van der Waals surface area contributed by atoms with Crippen LogP contribution in [-0.4, -0.2) is 20.7 Å². The minimum atomic E-state index is -0.371. The summed E-state index contributed by atoms with van der Waals surface area (Å²) >= 11 is 3.29. The number of carbonyl (C=O) groups excluding carboxylic acids is 1. The first-order valence-electron chi connectivity index (χ1n) is 5.49. The molecule has 0 bridgehead atoms. The van der Waals surface area contributed by atoms with Gasteiger partial charge >= 0.3 is 0 Å². The lowest BCUT2D eigenvalue weighted by Crippen LogP contribution is -2.24. The number of aryl methyl sites for hydroxylation is 1. The van der Waals surface area contributed by atoms with E-state index < -0.39 is 0 Å². The van der Waals surface area contributed by atoms with E-state index in [1.807, 2.05) is 19.2 Å². The molecule has 0 spiro atoms. The average molecular weight is 309 g/mol. The monoisotopic (exact) mass is 308 g/mol. The van der Waals surface area contributed by atoms with Crippen LogP contribution in [0.15, 0.2) is 35.2 Å². The van der Waals surface area contributed by atoms with E-state index in [1.54, 1.807) is 30.1 Å². The zero-order chi connectivity index (χ0) is 13.1. The van der Waals surface area contributed by atoms with Gasteiger partial charge in [0.05, 0.1) is 6.20 Å². The summed E-state index contributed by atoms with van der Waals surface area (Å²) in [5.74, 6) is 0.381. The molecule has 0 aliphatic heterocycles. The molecule has 1 amide bonds. The number of anilines is 1. The molecular weight excluding hydrogens is 296 g/mol. The molecule has 0 aliphatic carbocycles. The molecule has 0 saturated carbocycles. The molecule has 94 valence electrons. The first kappa shape index (κ1) is 12.8. The molecule has 1 unspecified atom stereocenters. The molecule has 2 rings (SSSR count). The van der Waals surface area contributed by atoms with E-state index >= 15 is 0 Å². The molecule has 1 N–H and O–H groups in total. The molecular formula is C12H13BrN4O. The van der Waals surface area contributed by atoms with E-state index in [-0.39, 0.29) is 11.9 Å². The van der Waals surface area contributed by atoms with Gasteiger partial charge in [-0.15, -0.1) is 0 Å². The molecule has 2 heterocycles. The first-order chi connectivity index (χ1) is 8.56. The second-order valence-corrected chi connectivity index (χ2v) is 4.94. The van der Waals surface area contributed by atoms with Crippen LogP contribution in [0.1, 0.15) is 18.5 Å². The molecule has 0 fully saturated rings. The number of amides is 1. The highest BCUT2D eigenvalue weighted by Gasteiger charge is 2.15. The van der Waals surface area contributed by atoms with Crippen molar-refractivity contribution < 1.29 is 4.79 Å². The predicted molar refractivity (Wildman–Crippen MR) is 72.2 cm³/mol. The van der Waals surface area contributed by atoms with Gasteiger partial charge in [-0.25, -0.2) is 4.98 Å². The number of nitrogens with one attached hydrogen (secondary N) is 1. The van der Waals surface area contributed by atoms with Crippen molar-refractivity contribution in [3.63, 3.8) is 0 Å². The Balaban J connectivity index is 2.05. The zero-order valence-electron chi connectivity index (χ0n) is 10.1. The Bertz CT molecular complexity index is 549. The average Bonchev–Trinajstić information content (AvgIpc) is 2.78. The number of hydrogen-bond acceptors (Lipinski definition) is 3. The lowest BCUT2D eigenvalue weighted by molar-refractivity contribution is -0.119. The Morgan fingerprint density at radius 2 is 2.22 bits per heavy atom.